The summed E-state index contributed by atoms with van der Waals surface area (Å²) in [6.45, 7) is 2.83. The summed E-state index contributed by atoms with van der Waals surface area (Å²) in [6, 6.07) is 13.4. The molecule has 0 unspecified atom stereocenters. The monoisotopic (exact) mass is 380 g/mol. The molecule has 2 aromatic rings. The van der Waals surface area contributed by atoms with Crippen LogP contribution in [0.25, 0.3) is 0 Å². The Kier molecular flexibility index (Phi) is 5.59. The van der Waals surface area contributed by atoms with Crippen molar-refractivity contribution in [2.75, 3.05) is 37.3 Å². The number of hydrogen-bond acceptors (Lipinski definition) is 3. The molecule has 0 atom stereocenters. The van der Waals surface area contributed by atoms with Gasteiger partial charge < -0.3 is 9.80 Å². The summed E-state index contributed by atoms with van der Waals surface area (Å²) in [5.41, 5.74) is 1.60. The molecule has 3 rings (SSSR count). The lowest BCUT2D eigenvalue weighted by Crippen LogP contribution is -2.49. The van der Waals surface area contributed by atoms with Crippen LogP contribution < -0.4 is 4.90 Å². The highest BCUT2D eigenvalue weighted by Crippen LogP contribution is 2.28. The molecular formula is C18H18Cl2N2OS. The molecule has 6 heteroatoms. The Morgan fingerprint density at radius 1 is 1.00 bits per heavy atom. The van der Waals surface area contributed by atoms with E-state index in [0.29, 0.717) is 23.7 Å². The molecular weight excluding hydrogens is 363 g/mol. The molecule has 2 aromatic carbocycles. The molecule has 1 saturated heterocycles. The number of anilines is 1. The van der Waals surface area contributed by atoms with Crippen LogP contribution in [0, 0.1) is 0 Å². The number of benzene rings is 2. The summed E-state index contributed by atoms with van der Waals surface area (Å²) < 4.78 is 0. The molecule has 3 nitrogen and oxygen atoms in total. The second kappa shape index (κ2) is 7.68. The summed E-state index contributed by atoms with van der Waals surface area (Å²) in [7, 11) is 0. The van der Waals surface area contributed by atoms with Crippen molar-refractivity contribution >= 4 is 46.6 Å². The summed E-state index contributed by atoms with van der Waals surface area (Å²) >= 11 is 14.1. The highest BCUT2D eigenvalue weighted by Gasteiger charge is 2.24. The molecule has 0 aromatic heterocycles. The molecule has 24 heavy (non-hydrogen) atoms. The molecule has 0 N–H and O–H groups in total. The topological polar surface area (TPSA) is 23.6 Å². The van der Waals surface area contributed by atoms with Crippen LogP contribution in [0.3, 0.4) is 0 Å². The highest BCUT2D eigenvalue weighted by atomic mass is 35.5. The van der Waals surface area contributed by atoms with E-state index in [2.05, 4.69) is 4.90 Å². The number of piperazine rings is 1. The normalized spacial score (nSPS) is 14.8. The first-order valence-corrected chi connectivity index (χ1v) is 9.70. The fourth-order valence-electron chi connectivity index (χ4n) is 2.82. The van der Waals surface area contributed by atoms with Gasteiger partial charge in [0.25, 0.3) is 5.91 Å². The fourth-order valence-corrected chi connectivity index (χ4v) is 3.72. The van der Waals surface area contributed by atoms with Crippen molar-refractivity contribution in [2.45, 2.75) is 4.90 Å². The fraction of sp³-hybridized carbons (Fsp3) is 0.278. The van der Waals surface area contributed by atoms with Gasteiger partial charge in [-0.3, -0.25) is 4.79 Å². The van der Waals surface area contributed by atoms with Gasteiger partial charge in [-0.1, -0.05) is 35.3 Å². The van der Waals surface area contributed by atoms with Crippen molar-refractivity contribution in [3.8, 4) is 0 Å². The number of carbonyl (C=O) groups is 1. The Hall–Kier alpha value is -1.36. The average Bonchev–Trinajstić information content (AvgIpc) is 2.62. The quantitative estimate of drug-likeness (QED) is 0.722. The highest BCUT2D eigenvalue weighted by molar-refractivity contribution is 7.98. The Morgan fingerprint density at radius 3 is 2.38 bits per heavy atom. The summed E-state index contributed by atoms with van der Waals surface area (Å²) in [4.78, 5) is 17.9. The third kappa shape index (κ3) is 3.66. The van der Waals surface area contributed by atoms with Crippen molar-refractivity contribution in [3.05, 3.63) is 58.1 Å². The minimum atomic E-state index is -0.00490. The van der Waals surface area contributed by atoms with E-state index in [0.717, 1.165) is 28.7 Å². The Morgan fingerprint density at radius 2 is 1.71 bits per heavy atom. The number of carbonyl (C=O) groups excluding carboxylic acids is 1. The number of thioether (sulfide) groups is 1. The van der Waals surface area contributed by atoms with E-state index in [-0.39, 0.29) is 5.91 Å². The number of halogens is 2. The molecule has 0 spiro atoms. The zero-order chi connectivity index (χ0) is 17.1. The summed E-state index contributed by atoms with van der Waals surface area (Å²) in [6.07, 6.45) is 1.99. The van der Waals surface area contributed by atoms with Gasteiger partial charge in [-0.2, -0.15) is 0 Å². The third-order valence-corrected chi connectivity index (χ3v) is 5.54. The van der Waals surface area contributed by atoms with E-state index >= 15 is 0 Å². The molecule has 0 aliphatic carbocycles. The SMILES string of the molecule is CSc1ccc(Cl)c(C(=O)N2CCN(c3ccccc3Cl)CC2)c1. The lowest BCUT2D eigenvalue weighted by Gasteiger charge is -2.36. The molecule has 0 bridgehead atoms. The van der Waals surface area contributed by atoms with Crippen LogP contribution in [0.2, 0.25) is 10.0 Å². The predicted molar refractivity (Wildman–Crippen MR) is 103 cm³/mol. The number of amides is 1. The number of para-hydroxylation sites is 1. The van der Waals surface area contributed by atoms with Gasteiger partial charge in [0, 0.05) is 31.1 Å². The summed E-state index contributed by atoms with van der Waals surface area (Å²) in [5, 5.41) is 1.25. The van der Waals surface area contributed by atoms with Gasteiger partial charge in [0.05, 0.1) is 21.3 Å². The van der Waals surface area contributed by atoms with Crippen LogP contribution in [0.4, 0.5) is 5.69 Å². The Bertz CT molecular complexity index is 746. The molecule has 1 fully saturated rings. The molecule has 1 amide bonds. The number of nitrogens with zero attached hydrogens (tertiary/aromatic N) is 2. The molecule has 126 valence electrons. The van der Waals surface area contributed by atoms with Gasteiger partial charge in [0.1, 0.15) is 0 Å². The maximum absolute atomic E-state index is 12.8. The maximum Gasteiger partial charge on any atom is 0.255 e. The first kappa shape index (κ1) is 17.5. The molecule has 0 saturated carbocycles. The van der Waals surface area contributed by atoms with E-state index < -0.39 is 0 Å². The van der Waals surface area contributed by atoms with Crippen molar-refractivity contribution in [1.82, 2.24) is 4.90 Å². The van der Waals surface area contributed by atoms with E-state index in [4.69, 9.17) is 23.2 Å². The van der Waals surface area contributed by atoms with Gasteiger partial charge in [0.2, 0.25) is 0 Å². The van der Waals surface area contributed by atoms with Gasteiger partial charge in [-0.15, -0.1) is 11.8 Å². The third-order valence-electron chi connectivity index (χ3n) is 4.16. The Labute approximate surface area is 156 Å². The largest absolute Gasteiger partial charge is 0.367 e. The first-order valence-electron chi connectivity index (χ1n) is 7.72. The minimum Gasteiger partial charge on any atom is -0.367 e. The van der Waals surface area contributed by atoms with Crippen LogP contribution in [-0.4, -0.2) is 43.2 Å². The standard InChI is InChI=1S/C18H18Cl2N2OS/c1-24-13-6-7-15(19)14(12-13)18(23)22-10-8-21(9-11-22)17-5-3-2-4-16(17)20/h2-7,12H,8-11H2,1H3. The first-order chi connectivity index (χ1) is 11.6. The number of rotatable bonds is 3. The minimum absolute atomic E-state index is 0.00490. The van der Waals surface area contributed by atoms with E-state index in [1.807, 2.05) is 47.6 Å². The van der Waals surface area contributed by atoms with Gasteiger partial charge in [-0.05, 0) is 36.6 Å². The van der Waals surface area contributed by atoms with Crippen LogP contribution in [0.15, 0.2) is 47.4 Å². The van der Waals surface area contributed by atoms with Crippen molar-refractivity contribution in [3.63, 3.8) is 0 Å². The zero-order valence-electron chi connectivity index (χ0n) is 13.3. The lowest BCUT2D eigenvalue weighted by atomic mass is 10.1. The van der Waals surface area contributed by atoms with Crippen molar-refractivity contribution in [1.29, 1.82) is 0 Å². The van der Waals surface area contributed by atoms with Crippen LogP contribution in [0.1, 0.15) is 10.4 Å². The van der Waals surface area contributed by atoms with Gasteiger partial charge >= 0.3 is 0 Å². The predicted octanol–water partition coefficient (Wildman–Crippen LogP) is 4.68. The maximum atomic E-state index is 12.8. The zero-order valence-corrected chi connectivity index (χ0v) is 15.7. The molecule has 1 aliphatic rings. The summed E-state index contributed by atoms with van der Waals surface area (Å²) in [5.74, 6) is -0.00490. The smallest absolute Gasteiger partial charge is 0.255 e. The van der Waals surface area contributed by atoms with Crippen LogP contribution in [-0.2, 0) is 0 Å². The van der Waals surface area contributed by atoms with E-state index in [9.17, 15) is 4.79 Å². The molecule has 1 heterocycles. The molecule has 0 radical (unpaired) electrons. The van der Waals surface area contributed by atoms with Crippen LogP contribution >= 0.6 is 35.0 Å². The second-order valence-corrected chi connectivity index (χ2v) is 7.27. The van der Waals surface area contributed by atoms with Crippen molar-refractivity contribution in [2.24, 2.45) is 0 Å². The van der Waals surface area contributed by atoms with Crippen molar-refractivity contribution < 1.29 is 4.79 Å². The van der Waals surface area contributed by atoms with E-state index in [1.165, 1.54) is 0 Å². The number of hydrogen-bond donors (Lipinski definition) is 0. The van der Waals surface area contributed by atoms with Crippen LogP contribution in [0.5, 0.6) is 0 Å². The molecule has 1 aliphatic heterocycles. The van der Waals surface area contributed by atoms with Gasteiger partial charge in [-0.25, -0.2) is 0 Å². The lowest BCUT2D eigenvalue weighted by molar-refractivity contribution is 0.0746. The van der Waals surface area contributed by atoms with Gasteiger partial charge in [0.15, 0.2) is 0 Å². The Balaban J connectivity index is 1.71. The second-order valence-electron chi connectivity index (χ2n) is 5.58. The average molecular weight is 381 g/mol. The van der Waals surface area contributed by atoms with E-state index in [1.54, 1.807) is 17.8 Å².